The number of rotatable bonds is 24. The Labute approximate surface area is 842 Å². The summed E-state index contributed by atoms with van der Waals surface area (Å²) in [5, 5.41) is 45.9. The summed E-state index contributed by atoms with van der Waals surface area (Å²) in [4.78, 5) is 50.8. The molecule has 0 saturated heterocycles. The van der Waals surface area contributed by atoms with Crippen LogP contribution in [0, 0.1) is 11.8 Å². The van der Waals surface area contributed by atoms with E-state index in [1.165, 1.54) is 75.1 Å². The maximum absolute atomic E-state index is 13.5. The number of hydrazine groups is 2. The number of hydrogen-bond donors (Lipinski definition) is 14. The molecule has 0 aliphatic heterocycles. The molecule has 2 unspecified atom stereocenters. The molecule has 121 heavy (non-hydrogen) atoms. The normalized spacial score (nSPS) is 11.8. The minimum atomic E-state index is -5.14. The molecule has 0 bridgehead atoms. The number of anilines is 4. The number of nitrogens with zero attached hydrogens (tertiary/aromatic N) is 2. The summed E-state index contributed by atoms with van der Waals surface area (Å²) in [6.45, 7) is 0. The number of carbonyl (C=O) groups excluding carboxylic acids is 4. The molecule has 0 aliphatic carbocycles. The first-order valence-electron chi connectivity index (χ1n) is 32.8. The van der Waals surface area contributed by atoms with Crippen molar-refractivity contribution in [2.45, 2.75) is 32.4 Å². The van der Waals surface area contributed by atoms with Crippen LogP contribution in [0.3, 0.4) is 0 Å². The summed E-state index contributed by atoms with van der Waals surface area (Å²) in [5.74, 6) is -5.99. The summed E-state index contributed by atoms with van der Waals surface area (Å²) < 4.78 is 147. The zero-order valence-electron chi connectivity index (χ0n) is 63.6. The minimum Gasteiger partial charge on any atom is -0.744 e. The molecule has 0 radical (unpaired) electrons. The number of hydrazone groups is 2. The van der Waals surface area contributed by atoms with E-state index in [9.17, 15) is 81.3 Å². The second kappa shape index (κ2) is 49.3. The van der Waals surface area contributed by atoms with Gasteiger partial charge in [-0.1, -0.05) is 115 Å². The first-order chi connectivity index (χ1) is 55.1. The van der Waals surface area contributed by atoms with Crippen LogP contribution >= 0.6 is 124 Å². The van der Waals surface area contributed by atoms with Gasteiger partial charge in [-0.15, -0.1) is 0 Å². The molecule has 14 N–H and O–H groups in total. The van der Waals surface area contributed by atoms with E-state index in [1.54, 1.807) is 54.6 Å². The van der Waals surface area contributed by atoms with Gasteiger partial charge < -0.3 is 60.3 Å². The fraction of sp³-hybridized carbons (Fsp3) is 0.0833. The molecule has 49 heteroatoms. The third kappa shape index (κ3) is 33.1. The van der Waals surface area contributed by atoms with Crippen molar-refractivity contribution in [3.8, 4) is 11.5 Å². The molecule has 32 nitrogen and oxygen atoms in total. The summed E-state index contributed by atoms with van der Waals surface area (Å²) >= 11 is 39.4. The summed E-state index contributed by atoms with van der Waals surface area (Å²) in [6, 6.07) is 40.3. The quantitative estimate of drug-likeness (QED) is 0.00598. The van der Waals surface area contributed by atoms with Gasteiger partial charge in [-0.2, -0.15) is 10.2 Å². The summed E-state index contributed by atoms with van der Waals surface area (Å²) in [5.41, 5.74) is 16.4. The summed E-state index contributed by atoms with van der Waals surface area (Å²) in [7, 11) is -17.2. The fourth-order valence-electron chi connectivity index (χ4n) is 10.2. The van der Waals surface area contributed by atoms with Gasteiger partial charge in [0.05, 0.1) is 49.9 Å². The molecule has 0 spiro atoms. The van der Waals surface area contributed by atoms with Gasteiger partial charge in [-0.05, 0) is 266 Å². The van der Waals surface area contributed by atoms with Crippen LogP contribution in [-0.4, -0.2) is 133 Å². The van der Waals surface area contributed by atoms with E-state index >= 15 is 0 Å². The Morgan fingerprint density at radius 1 is 0.405 bits per heavy atom. The molecule has 9 aromatic carbocycles. The van der Waals surface area contributed by atoms with Gasteiger partial charge in [-0.3, -0.25) is 40.9 Å². The van der Waals surface area contributed by atoms with Crippen molar-refractivity contribution in [3.63, 3.8) is 0 Å². The second-order valence-corrected chi connectivity index (χ2v) is 34.9. The third-order valence-corrected chi connectivity index (χ3v) is 23.1. The molecule has 0 fully saturated rings. The number of amides is 4. The molecular formula is C72H59Br4ClN14Na4O18S8. The molecule has 0 saturated carbocycles. The van der Waals surface area contributed by atoms with Crippen LogP contribution in [-0.2, 0) is 72.5 Å². The molecule has 612 valence electrons. The predicted octanol–water partition coefficient (Wildman–Crippen LogP) is -1.90. The van der Waals surface area contributed by atoms with Gasteiger partial charge in [0.1, 0.15) is 63.8 Å². The van der Waals surface area contributed by atoms with Gasteiger partial charge >= 0.3 is 118 Å². The van der Waals surface area contributed by atoms with Gasteiger partial charge in [0.25, 0.3) is 23.6 Å². The Morgan fingerprint density at radius 2 is 0.702 bits per heavy atom. The van der Waals surface area contributed by atoms with E-state index in [0.29, 0.717) is 45.2 Å². The van der Waals surface area contributed by atoms with Crippen molar-refractivity contribution >= 4 is 279 Å². The van der Waals surface area contributed by atoms with Crippen LogP contribution in [0.2, 0.25) is 5.02 Å². The standard InChI is InChI=1S/C38H33Br2N7O9S4.C34H30Br2ClN7O9S4.4Na/c1-41-37(57)43-27-12-10-24(32(18-27)59(51,52)53)8-9-25-11-13-28(19-33(25)60(54,55)56)44-38(58)47-46-36(50)29(15-21-6-7-23-4-2-3-5-26(23)14-21)35(49)45-42-20-22-16-30(39)34(48)31(40)17-22;1-38-33(54)40-23-10-6-20(28(15-23)56(48,49)50)4-5-21-7-11-24(16-29(21)57(51,52)53)41-34(55)44-43-32(47)25(12-18-2-8-22(37)9-3-18)31(46)42-39-17-19-13-26(35)30(45)27(36)14-19;;;;/h2-14,16-20,29,48H,15H2,1H3,(H,45,49)(H,46,50)(H2,41,43,57)(H2,44,47,58)(H,51,52,53)(H,54,55,56);2-11,13-17,25,45H,12H2,1H3,(H,42,46)(H,43,47)(H2,38,40,54)(H2,41,44,55)(H,48,49,50)(H,51,52,53);;;;/q;;4*+1/p-4/b9-8+,42-20+;5-4+,39-17+;;;;. The zero-order chi connectivity index (χ0) is 85.9. The minimum absolute atomic E-state index is 0. The van der Waals surface area contributed by atoms with Crippen molar-refractivity contribution in [1.29, 1.82) is 0 Å². The topological polar surface area (TPSA) is 507 Å². The number of fused-ring (bicyclic) bond motifs is 1. The zero-order valence-corrected chi connectivity index (χ0v) is 85.2. The predicted molar refractivity (Wildman–Crippen MR) is 469 cm³/mol. The van der Waals surface area contributed by atoms with Crippen LogP contribution in [0.5, 0.6) is 11.5 Å². The average molecular weight is 2110 g/mol. The number of halogens is 5. The van der Waals surface area contributed by atoms with Crippen LogP contribution in [0.25, 0.3) is 35.1 Å². The first-order valence-corrected chi connectivity index (χ1v) is 43.6. The molecule has 2 atom stereocenters. The molecular weight excluding hydrogens is 2050 g/mol. The summed E-state index contributed by atoms with van der Waals surface area (Å²) in [6.07, 6.45) is 7.07. The van der Waals surface area contributed by atoms with E-state index in [2.05, 4.69) is 138 Å². The van der Waals surface area contributed by atoms with Crippen molar-refractivity contribution in [2.24, 2.45) is 22.0 Å². The van der Waals surface area contributed by atoms with E-state index in [-0.39, 0.29) is 208 Å². The van der Waals surface area contributed by atoms with Gasteiger partial charge in [0, 0.05) is 41.9 Å². The van der Waals surface area contributed by atoms with Crippen LogP contribution in [0.15, 0.2) is 211 Å². The SMILES string of the molecule is CNC(=S)Nc1ccc(/C=C/c2ccc(NC(=S)NNC(=O)C(Cc3ccc(Cl)cc3)C(=O)N/N=C/c3cc(Br)c(O)c(Br)c3)cc2S(=O)(=O)[O-])c(S(=O)(=O)[O-])c1.CNC(=S)Nc1ccc(/C=C/c2ccc(NC(=S)NNC(=O)C(Cc3ccc4ccccc4c3)C(=O)N/N=C/c3cc(Br)c(O)c(Br)c3)cc2S(=O)(=O)[O-])c(S(=O)(=O)[O-])c1.[Na+].[Na+].[Na+].[Na+]. The average Bonchev–Trinajstić information content (AvgIpc) is 0.806. The van der Waals surface area contributed by atoms with Crippen LogP contribution in [0.4, 0.5) is 22.7 Å². The van der Waals surface area contributed by atoms with Gasteiger partial charge in [-0.25, -0.2) is 44.5 Å². The number of phenols is 2. The van der Waals surface area contributed by atoms with E-state index < -0.39 is 95.5 Å². The second-order valence-electron chi connectivity index (χ2n) is 24.0. The van der Waals surface area contributed by atoms with E-state index in [4.69, 9.17) is 60.5 Å². The number of aromatic hydroxyl groups is 2. The first kappa shape index (κ1) is 107. The smallest absolute Gasteiger partial charge is 0.744 e. The molecule has 9 aromatic rings. The van der Waals surface area contributed by atoms with Crippen LogP contribution < -0.4 is 183 Å². The molecule has 0 aromatic heterocycles. The Kier molecular flexibility index (Phi) is 43.8. The van der Waals surface area contributed by atoms with Crippen molar-refractivity contribution in [1.82, 2.24) is 43.2 Å². The molecule has 4 amide bonds. The Hall–Kier alpha value is -5.85. The monoisotopic (exact) mass is 2110 g/mol. The van der Waals surface area contributed by atoms with Crippen molar-refractivity contribution in [2.75, 3.05) is 35.4 Å². The van der Waals surface area contributed by atoms with Crippen molar-refractivity contribution < 1.29 is 200 Å². The maximum atomic E-state index is 13.5. The molecule has 0 aliphatic rings. The maximum Gasteiger partial charge on any atom is 1.00 e. The molecule has 0 heterocycles. The van der Waals surface area contributed by atoms with Gasteiger partial charge in [0.2, 0.25) is 0 Å². The van der Waals surface area contributed by atoms with Crippen molar-refractivity contribution in [3.05, 3.63) is 231 Å². The number of thiocarbonyl (C=S) groups is 4. The number of carbonyl (C=O) groups is 4. The Balaban J connectivity index is 0.000000493. The largest absolute Gasteiger partial charge is 1.00 e. The van der Waals surface area contributed by atoms with E-state index in [0.717, 1.165) is 59.3 Å². The number of nitrogens with one attached hydrogen (secondary N) is 12. The van der Waals surface area contributed by atoms with E-state index in [1.807, 2.05) is 36.4 Å². The van der Waals surface area contributed by atoms with Crippen LogP contribution in [0.1, 0.15) is 44.5 Å². The Morgan fingerprint density at radius 3 is 1.02 bits per heavy atom. The fourth-order valence-corrected chi connectivity index (χ4v) is 16.2. The number of hydrogen-bond acceptors (Lipinski definition) is 24. The molecule has 9 rings (SSSR count). The Bertz CT molecular complexity index is 6020. The number of benzene rings is 9. The number of phenolic OH excluding ortho intramolecular Hbond substituents is 2. The third-order valence-electron chi connectivity index (χ3n) is 15.8. The van der Waals surface area contributed by atoms with Gasteiger partial charge in [0.15, 0.2) is 20.4 Å².